The number of hydrazone groups is 1. The van der Waals surface area contributed by atoms with Gasteiger partial charge >= 0.3 is 5.97 Å². The molecule has 0 heterocycles. The zero-order valence-electron chi connectivity index (χ0n) is 12.4. The van der Waals surface area contributed by atoms with Crippen molar-refractivity contribution in [1.82, 2.24) is 5.01 Å². The summed E-state index contributed by atoms with van der Waals surface area (Å²) in [5.74, 6) is -0.121. The highest BCUT2D eigenvalue weighted by molar-refractivity contribution is 6.08. The molecule has 5 heteroatoms. The lowest BCUT2D eigenvalue weighted by Gasteiger charge is -2.14. The second kappa shape index (κ2) is 8.41. The van der Waals surface area contributed by atoms with Crippen LogP contribution in [0.3, 0.4) is 0 Å². The van der Waals surface area contributed by atoms with Gasteiger partial charge in [0, 0.05) is 26.2 Å². The summed E-state index contributed by atoms with van der Waals surface area (Å²) < 4.78 is 4.69. The lowest BCUT2D eigenvalue weighted by Crippen LogP contribution is -2.08. The van der Waals surface area contributed by atoms with E-state index in [1.807, 2.05) is 32.4 Å². The summed E-state index contributed by atoms with van der Waals surface area (Å²) in [6.07, 6.45) is 4.45. The van der Waals surface area contributed by atoms with Gasteiger partial charge < -0.3 is 9.75 Å². The van der Waals surface area contributed by atoms with Crippen LogP contribution in [0, 0.1) is 0 Å². The van der Waals surface area contributed by atoms with Crippen molar-refractivity contribution >= 4 is 20.0 Å². The van der Waals surface area contributed by atoms with Gasteiger partial charge in [0.05, 0.1) is 20.5 Å². The Kier molecular flexibility index (Phi) is 6.84. The smallest absolute Gasteiger partial charge is 0.337 e. The molecule has 0 spiro atoms. The normalized spacial score (nSPS) is 12.3. The van der Waals surface area contributed by atoms with Gasteiger partial charge in [0.15, 0.2) is 0 Å². The van der Waals surface area contributed by atoms with Crippen LogP contribution in [0.15, 0.2) is 29.4 Å². The zero-order chi connectivity index (χ0) is 15.0. The maximum Gasteiger partial charge on any atom is 0.337 e. The van der Waals surface area contributed by atoms with E-state index in [9.17, 15) is 4.79 Å². The zero-order valence-corrected chi connectivity index (χ0v) is 12.4. The second-order valence-electron chi connectivity index (χ2n) is 4.76. The monoisotopic (exact) mass is 272 g/mol. The van der Waals surface area contributed by atoms with Gasteiger partial charge in [-0.1, -0.05) is 24.9 Å². The lowest BCUT2D eigenvalue weighted by molar-refractivity contribution is 0.0600. The minimum atomic E-state index is -0.322. The minimum Gasteiger partial charge on any atom is -0.465 e. The van der Waals surface area contributed by atoms with Gasteiger partial charge in [-0.05, 0) is 24.1 Å². The van der Waals surface area contributed by atoms with Crippen LogP contribution in [0.5, 0.6) is 0 Å². The van der Waals surface area contributed by atoms with Gasteiger partial charge in [-0.2, -0.15) is 5.10 Å². The molecular weight excluding hydrogens is 251 g/mol. The quantitative estimate of drug-likeness (QED) is 0.331. The summed E-state index contributed by atoms with van der Waals surface area (Å²) in [5, 5.41) is 6.07. The van der Waals surface area contributed by atoms with Gasteiger partial charge in [-0.15, -0.1) is 0 Å². The minimum absolute atomic E-state index is 0.202. The van der Waals surface area contributed by atoms with Crippen molar-refractivity contribution in [2.75, 3.05) is 21.2 Å². The Balaban J connectivity index is 2.87. The molecule has 1 rings (SSSR count). The fraction of sp³-hybridized carbons (Fsp3) is 0.467. The summed E-state index contributed by atoms with van der Waals surface area (Å²) in [6.45, 7) is 0. The molecule has 0 fully saturated rings. The highest BCUT2D eigenvalue weighted by Gasteiger charge is 2.11. The molecule has 1 unspecified atom stereocenters. The Hall–Kier alpha value is -1.78. The first-order valence-electron chi connectivity index (χ1n) is 6.68. The molecule has 0 aromatic heterocycles. The molecule has 0 N–H and O–H groups in total. The summed E-state index contributed by atoms with van der Waals surface area (Å²) in [4.78, 5) is 11.4. The number of benzene rings is 1. The van der Waals surface area contributed by atoms with Crippen molar-refractivity contribution in [2.45, 2.75) is 25.1 Å². The highest BCUT2D eigenvalue weighted by Crippen LogP contribution is 2.21. The molecule has 20 heavy (non-hydrogen) atoms. The van der Waals surface area contributed by atoms with Gasteiger partial charge in [0.2, 0.25) is 0 Å². The first-order chi connectivity index (χ1) is 9.58. The summed E-state index contributed by atoms with van der Waals surface area (Å²) in [5.41, 5.74) is 1.68. The van der Waals surface area contributed by atoms with E-state index >= 15 is 0 Å². The van der Waals surface area contributed by atoms with Crippen LogP contribution < -0.4 is 0 Å². The number of carbonyl (C=O) groups is 1. The van der Waals surface area contributed by atoms with E-state index in [1.54, 1.807) is 17.1 Å². The third kappa shape index (κ3) is 5.07. The third-order valence-electron chi connectivity index (χ3n) is 2.96. The lowest BCUT2D eigenvalue weighted by atomic mass is 9.90. The fourth-order valence-corrected chi connectivity index (χ4v) is 1.86. The Morgan fingerprint density at radius 3 is 2.55 bits per heavy atom. The van der Waals surface area contributed by atoms with Crippen LogP contribution in [0.1, 0.15) is 34.7 Å². The summed E-state index contributed by atoms with van der Waals surface area (Å²) in [6, 6.07) is 7.43. The van der Waals surface area contributed by atoms with Crippen LogP contribution >= 0.6 is 0 Å². The van der Waals surface area contributed by atoms with Crippen molar-refractivity contribution in [3.05, 3.63) is 35.4 Å². The second-order valence-corrected chi connectivity index (χ2v) is 4.76. The molecule has 106 valence electrons. The van der Waals surface area contributed by atoms with E-state index in [-0.39, 0.29) is 11.9 Å². The maximum absolute atomic E-state index is 11.4. The predicted octanol–water partition coefficient (Wildman–Crippen LogP) is 2.47. The molecule has 0 aliphatic rings. The van der Waals surface area contributed by atoms with Crippen LogP contribution in [-0.2, 0) is 4.74 Å². The number of hydrogen-bond donors (Lipinski definition) is 0. The molecule has 1 aromatic carbocycles. The number of carbonyl (C=O) groups excluding carboxylic acids is 1. The highest BCUT2D eigenvalue weighted by atomic mass is 16.5. The van der Waals surface area contributed by atoms with Crippen molar-refractivity contribution in [2.24, 2.45) is 5.10 Å². The topological polar surface area (TPSA) is 41.9 Å². The van der Waals surface area contributed by atoms with Crippen LogP contribution in [0.2, 0.25) is 6.32 Å². The average Bonchev–Trinajstić information content (AvgIpc) is 2.46. The van der Waals surface area contributed by atoms with E-state index in [0.717, 1.165) is 18.4 Å². The van der Waals surface area contributed by atoms with Crippen LogP contribution in [0.4, 0.5) is 0 Å². The molecule has 0 amide bonds. The Morgan fingerprint density at radius 1 is 1.40 bits per heavy atom. The molecule has 0 aliphatic heterocycles. The van der Waals surface area contributed by atoms with E-state index in [0.29, 0.717) is 11.9 Å². The standard InChI is InChI=1S/C15H21BN2O2/c1-18(2)17-11-14(5-4-10-16)12-6-8-13(9-7-12)15(19)20-3/h6-9,11,14H,4-5,10H2,1-3H3/b17-11+. The van der Waals surface area contributed by atoms with Gasteiger partial charge in [-0.25, -0.2) is 4.79 Å². The van der Waals surface area contributed by atoms with E-state index in [1.165, 1.54) is 7.11 Å². The molecule has 0 saturated heterocycles. The van der Waals surface area contributed by atoms with Crippen LogP contribution in [-0.4, -0.2) is 46.2 Å². The van der Waals surface area contributed by atoms with E-state index < -0.39 is 0 Å². The SMILES string of the molecule is [B]CCCC(/C=N/N(C)C)c1ccc(C(=O)OC)cc1. The van der Waals surface area contributed by atoms with Gasteiger partial charge in [-0.3, -0.25) is 0 Å². The summed E-state index contributed by atoms with van der Waals surface area (Å²) >= 11 is 0. The van der Waals surface area contributed by atoms with E-state index in [4.69, 9.17) is 12.6 Å². The van der Waals surface area contributed by atoms with Gasteiger partial charge in [0.1, 0.15) is 0 Å². The predicted molar refractivity (Wildman–Crippen MR) is 82.5 cm³/mol. The molecule has 1 atom stereocenters. The molecular formula is C15H21BN2O2. The van der Waals surface area contributed by atoms with Crippen molar-refractivity contribution in [3.8, 4) is 0 Å². The number of nitrogens with zero attached hydrogens (tertiary/aromatic N) is 2. The van der Waals surface area contributed by atoms with Crippen molar-refractivity contribution in [1.29, 1.82) is 0 Å². The first kappa shape index (κ1) is 16.3. The first-order valence-corrected chi connectivity index (χ1v) is 6.68. The molecule has 2 radical (unpaired) electrons. The third-order valence-corrected chi connectivity index (χ3v) is 2.96. The molecule has 1 aromatic rings. The Bertz CT molecular complexity index is 444. The number of esters is 1. The summed E-state index contributed by atoms with van der Waals surface area (Å²) in [7, 11) is 10.7. The van der Waals surface area contributed by atoms with Gasteiger partial charge in [0.25, 0.3) is 0 Å². The van der Waals surface area contributed by atoms with Crippen molar-refractivity contribution < 1.29 is 9.53 Å². The Morgan fingerprint density at radius 2 is 2.05 bits per heavy atom. The number of methoxy groups -OCH3 is 1. The largest absolute Gasteiger partial charge is 0.465 e. The fourth-order valence-electron chi connectivity index (χ4n) is 1.86. The average molecular weight is 272 g/mol. The maximum atomic E-state index is 11.4. The molecule has 0 saturated carbocycles. The number of ether oxygens (including phenoxy) is 1. The van der Waals surface area contributed by atoms with Crippen LogP contribution in [0.25, 0.3) is 0 Å². The number of hydrogen-bond acceptors (Lipinski definition) is 4. The molecule has 0 bridgehead atoms. The molecule has 0 aliphatic carbocycles. The number of rotatable bonds is 7. The molecule has 4 nitrogen and oxygen atoms in total. The van der Waals surface area contributed by atoms with Crippen molar-refractivity contribution in [3.63, 3.8) is 0 Å². The van der Waals surface area contributed by atoms with E-state index in [2.05, 4.69) is 5.10 Å². The Labute approximate surface area is 122 Å².